The Morgan fingerprint density at radius 2 is 1.79 bits per heavy atom. The lowest BCUT2D eigenvalue weighted by Gasteiger charge is -2.05. The average molecular weight is 325 g/mol. The van der Waals surface area contributed by atoms with Gasteiger partial charge in [0.1, 0.15) is 5.75 Å². The van der Waals surface area contributed by atoms with E-state index in [1.54, 1.807) is 37.6 Å². The largest absolute Gasteiger partial charge is 0.497 e. The summed E-state index contributed by atoms with van der Waals surface area (Å²) in [6.07, 6.45) is 1.71. The molecule has 0 saturated carbocycles. The molecule has 2 aromatic carbocycles. The molecule has 0 aliphatic carbocycles. The van der Waals surface area contributed by atoms with Crippen LogP contribution in [0.3, 0.4) is 0 Å². The van der Waals surface area contributed by atoms with Crippen LogP contribution in [0.5, 0.6) is 5.75 Å². The Labute approximate surface area is 140 Å². The SMILES string of the molecule is COc1ccc(C(=O)NCCC(=O)NN=Cc2ccccc2)cc1. The van der Waals surface area contributed by atoms with E-state index >= 15 is 0 Å². The van der Waals surface area contributed by atoms with Gasteiger partial charge in [-0.2, -0.15) is 5.10 Å². The molecule has 2 N–H and O–H groups in total. The van der Waals surface area contributed by atoms with E-state index in [4.69, 9.17) is 4.74 Å². The molecule has 0 atom stereocenters. The number of ether oxygens (including phenoxy) is 1. The van der Waals surface area contributed by atoms with Crippen molar-refractivity contribution in [3.8, 4) is 5.75 Å². The minimum atomic E-state index is -0.266. The van der Waals surface area contributed by atoms with E-state index in [9.17, 15) is 9.59 Å². The molecule has 124 valence electrons. The summed E-state index contributed by atoms with van der Waals surface area (Å²) in [5, 5.41) is 6.55. The van der Waals surface area contributed by atoms with Crippen molar-refractivity contribution in [2.75, 3.05) is 13.7 Å². The predicted molar refractivity (Wildman–Crippen MR) is 92.1 cm³/mol. The molecule has 0 fully saturated rings. The first-order valence-corrected chi connectivity index (χ1v) is 7.48. The van der Waals surface area contributed by atoms with Crippen molar-refractivity contribution in [2.24, 2.45) is 5.10 Å². The van der Waals surface area contributed by atoms with Crippen molar-refractivity contribution >= 4 is 18.0 Å². The van der Waals surface area contributed by atoms with Gasteiger partial charge in [0.25, 0.3) is 5.91 Å². The Morgan fingerprint density at radius 1 is 1.08 bits per heavy atom. The summed E-state index contributed by atoms with van der Waals surface area (Å²) in [5.74, 6) is 0.178. The summed E-state index contributed by atoms with van der Waals surface area (Å²) in [4.78, 5) is 23.6. The average Bonchev–Trinajstić information content (AvgIpc) is 2.62. The van der Waals surface area contributed by atoms with Crippen LogP contribution >= 0.6 is 0 Å². The van der Waals surface area contributed by atoms with Crippen LogP contribution in [0.1, 0.15) is 22.3 Å². The van der Waals surface area contributed by atoms with Gasteiger partial charge in [-0.25, -0.2) is 5.43 Å². The number of methoxy groups -OCH3 is 1. The zero-order valence-corrected chi connectivity index (χ0v) is 13.4. The Bertz CT molecular complexity index is 697. The van der Waals surface area contributed by atoms with Crippen molar-refractivity contribution in [1.29, 1.82) is 0 Å². The number of nitrogens with one attached hydrogen (secondary N) is 2. The summed E-state index contributed by atoms with van der Waals surface area (Å²) in [6, 6.07) is 16.2. The topological polar surface area (TPSA) is 79.8 Å². The number of rotatable bonds is 7. The van der Waals surface area contributed by atoms with Crippen LogP contribution in [-0.4, -0.2) is 31.7 Å². The van der Waals surface area contributed by atoms with Gasteiger partial charge in [-0.3, -0.25) is 9.59 Å². The molecule has 6 heteroatoms. The first-order chi connectivity index (χ1) is 11.7. The molecular weight excluding hydrogens is 306 g/mol. The van der Waals surface area contributed by atoms with E-state index in [1.807, 2.05) is 30.3 Å². The van der Waals surface area contributed by atoms with Crippen LogP contribution in [0.2, 0.25) is 0 Å². The monoisotopic (exact) mass is 325 g/mol. The molecule has 0 bridgehead atoms. The molecule has 0 aliphatic heterocycles. The highest BCUT2D eigenvalue weighted by Crippen LogP contribution is 2.10. The van der Waals surface area contributed by atoms with E-state index < -0.39 is 0 Å². The van der Waals surface area contributed by atoms with E-state index in [-0.39, 0.29) is 24.8 Å². The Hall–Kier alpha value is -3.15. The lowest BCUT2D eigenvalue weighted by atomic mass is 10.2. The van der Waals surface area contributed by atoms with Crippen LogP contribution in [0.25, 0.3) is 0 Å². The van der Waals surface area contributed by atoms with Crippen LogP contribution in [0.4, 0.5) is 0 Å². The van der Waals surface area contributed by atoms with E-state index in [1.165, 1.54) is 0 Å². The number of carbonyl (C=O) groups excluding carboxylic acids is 2. The molecule has 0 radical (unpaired) electrons. The van der Waals surface area contributed by atoms with E-state index in [2.05, 4.69) is 15.8 Å². The van der Waals surface area contributed by atoms with Gasteiger partial charge in [0.05, 0.1) is 13.3 Å². The second kappa shape index (κ2) is 9.09. The molecule has 0 spiro atoms. The minimum absolute atomic E-state index is 0.147. The molecule has 0 heterocycles. The van der Waals surface area contributed by atoms with Crippen LogP contribution in [-0.2, 0) is 4.79 Å². The number of hydrazone groups is 1. The molecule has 24 heavy (non-hydrogen) atoms. The molecule has 0 aromatic heterocycles. The van der Waals surface area contributed by atoms with Gasteiger partial charge in [0.2, 0.25) is 5.91 Å². The highest BCUT2D eigenvalue weighted by atomic mass is 16.5. The Morgan fingerprint density at radius 3 is 2.46 bits per heavy atom. The van der Waals surface area contributed by atoms with Gasteiger partial charge in [-0.1, -0.05) is 30.3 Å². The Balaban J connectivity index is 1.70. The first-order valence-electron chi connectivity index (χ1n) is 7.48. The third-order valence-corrected chi connectivity index (χ3v) is 3.19. The third-order valence-electron chi connectivity index (χ3n) is 3.19. The lowest BCUT2D eigenvalue weighted by Crippen LogP contribution is -2.29. The maximum atomic E-state index is 11.9. The fourth-order valence-corrected chi connectivity index (χ4v) is 1.91. The first kappa shape index (κ1) is 17.2. The Kier molecular flexibility index (Phi) is 6.52. The smallest absolute Gasteiger partial charge is 0.251 e. The van der Waals surface area contributed by atoms with Gasteiger partial charge in [-0.15, -0.1) is 0 Å². The quantitative estimate of drug-likeness (QED) is 0.603. The molecule has 6 nitrogen and oxygen atoms in total. The summed E-state index contributed by atoms with van der Waals surface area (Å²) in [7, 11) is 1.56. The number of amides is 2. The molecule has 2 amide bonds. The highest BCUT2D eigenvalue weighted by Gasteiger charge is 2.06. The van der Waals surface area contributed by atoms with Gasteiger partial charge in [-0.05, 0) is 29.8 Å². The number of nitrogens with zero attached hydrogens (tertiary/aromatic N) is 1. The van der Waals surface area contributed by atoms with Crippen LogP contribution in [0, 0.1) is 0 Å². The van der Waals surface area contributed by atoms with E-state index in [0.29, 0.717) is 11.3 Å². The summed E-state index contributed by atoms with van der Waals surface area (Å²) >= 11 is 0. The van der Waals surface area contributed by atoms with Crippen molar-refractivity contribution in [1.82, 2.24) is 10.7 Å². The molecule has 0 saturated heterocycles. The standard InChI is InChI=1S/C18H19N3O3/c1-24-16-9-7-15(8-10-16)18(23)19-12-11-17(22)21-20-13-14-5-3-2-4-6-14/h2-10,13H,11-12H2,1H3,(H,19,23)(H,21,22). The van der Waals surface area contributed by atoms with Crippen molar-refractivity contribution in [3.05, 3.63) is 65.7 Å². The predicted octanol–water partition coefficient (Wildman–Crippen LogP) is 1.97. The third kappa shape index (κ3) is 5.57. The zero-order chi connectivity index (χ0) is 17.2. The summed E-state index contributed by atoms with van der Waals surface area (Å²) in [6.45, 7) is 0.234. The fourth-order valence-electron chi connectivity index (χ4n) is 1.91. The molecule has 0 unspecified atom stereocenters. The second-order valence-electron chi connectivity index (χ2n) is 4.94. The fraction of sp³-hybridized carbons (Fsp3) is 0.167. The number of carbonyl (C=O) groups is 2. The maximum absolute atomic E-state index is 11.9. The zero-order valence-electron chi connectivity index (χ0n) is 13.4. The highest BCUT2D eigenvalue weighted by molar-refractivity contribution is 5.94. The van der Waals surface area contributed by atoms with Gasteiger partial charge in [0, 0.05) is 18.5 Å². The van der Waals surface area contributed by atoms with Crippen LogP contribution in [0.15, 0.2) is 59.7 Å². The number of hydrogen-bond acceptors (Lipinski definition) is 4. The van der Waals surface area contributed by atoms with Crippen molar-refractivity contribution in [2.45, 2.75) is 6.42 Å². The maximum Gasteiger partial charge on any atom is 0.251 e. The summed E-state index contributed by atoms with van der Waals surface area (Å²) in [5.41, 5.74) is 3.83. The van der Waals surface area contributed by atoms with E-state index in [0.717, 1.165) is 5.56 Å². The van der Waals surface area contributed by atoms with Crippen molar-refractivity contribution in [3.63, 3.8) is 0 Å². The lowest BCUT2D eigenvalue weighted by molar-refractivity contribution is -0.120. The molecular formula is C18H19N3O3. The second-order valence-corrected chi connectivity index (χ2v) is 4.94. The number of hydrogen-bond donors (Lipinski definition) is 2. The van der Waals surface area contributed by atoms with Gasteiger partial charge >= 0.3 is 0 Å². The molecule has 2 rings (SSSR count). The van der Waals surface area contributed by atoms with Gasteiger partial charge < -0.3 is 10.1 Å². The summed E-state index contributed by atoms with van der Waals surface area (Å²) < 4.78 is 5.03. The van der Waals surface area contributed by atoms with Gasteiger partial charge in [0.15, 0.2) is 0 Å². The normalized spacial score (nSPS) is 10.4. The molecule has 2 aromatic rings. The van der Waals surface area contributed by atoms with Crippen LogP contribution < -0.4 is 15.5 Å². The minimum Gasteiger partial charge on any atom is -0.497 e. The number of benzene rings is 2. The van der Waals surface area contributed by atoms with Crippen molar-refractivity contribution < 1.29 is 14.3 Å². The molecule has 0 aliphatic rings.